The molecule has 0 aliphatic heterocycles. The standard InChI is InChI=1S/C62H38/c1-62(2,3)35-21-22-38-42-23-24-43-45-27-29-48-57-49(30-28-46(55(45)57)44-25-26-47(50(38)32-35)53(42)54(43)44)60-58-41-20-12-11-19-40(41)52-37-17-8-7-15-34(37)31-51(61(52)58)56(59(48)60)39-18-10-9-16-36(39)33-13-5-4-6-14-33/h4-32H,1-3H3. The Balaban J connectivity index is 1.16. The second-order valence-corrected chi connectivity index (χ2v) is 19.0. The van der Waals surface area contributed by atoms with Crippen LogP contribution in [0.1, 0.15) is 26.3 Å². The monoisotopic (exact) mass is 782 g/mol. The molecule has 0 bridgehead atoms. The lowest BCUT2D eigenvalue weighted by Crippen LogP contribution is -2.10. The lowest BCUT2D eigenvalue weighted by molar-refractivity contribution is 0.590. The predicted octanol–water partition coefficient (Wildman–Crippen LogP) is 17.8. The molecule has 0 aromatic heterocycles. The molecule has 0 unspecified atom stereocenters. The lowest BCUT2D eigenvalue weighted by atomic mass is 9.85. The molecule has 0 saturated carbocycles. The Hall–Kier alpha value is -7.54. The van der Waals surface area contributed by atoms with Gasteiger partial charge in [0.25, 0.3) is 0 Å². The van der Waals surface area contributed by atoms with Gasteiger partial charge in [-0.05, 0) is 175 Å². The Labute approximate surface area is 358 Å². The smallest absolute Gasteiger partial charge is 0.000695 e. The molecule has 62 heavy (non-hydrogen) atoms. The minimum absolute atomic E-state index is 0.0825. The normalized spacial score (nSPS) is 13.1. The van der Waals surface area contributed by atoms with Crippen LogP contribution in [0.2, 0.25) is 0 Å². The van der Waals surface area contributed by atoms with Crippen LogP contribution in [0.15, 0.2) is 176 Å². The van der Waals surface area contributed by atoms with Gasteiger partial charge in [-0.3, -0.25) is 0 Å². The third-order valence-electron chi connectivity index (χ3n) is 15.0. The summed E-state index contributed by atoms with van der Waals surface area (Å²) in [4.78, 5) is 0. The molecule has 0 heterocycles. The van der Waals surface area contributed by atoms with Crippen LogP contribution in [-0.4, -0.2) is 0 Å². The highest BCUT2D eigenvalue weighted by Gasteiger charge is 2.30. The SMILES string of the molecule is CC(C)(C)c1ccc2c(c1)-c1ccc3c4ccc5c6c(ccc(c7ccc-2c1c73)c46)c1c(-c2ccccc2-c2ccccc2)c2cc3ccccc3c3c4ccccc4c(c51)c23. The Kier molecular flexibility index (Phi) is 6.02. The topological polar surface area (TPSA) is 0 Å². The quantitative estimate of drug-likeness (QED) is 0.121. The summed E-state index contributed by atoms with van der Waals surface area (Å²) in [6.45, 7) is 6.95. The van der Waals surface area contributed by atoms with Gasteiger partial charge in [0.15, 0.2) is 0 Å². The van der Waals surface area contributed by atoms with Crippen molar-refractivity contribution in [2.24, 2.45) is 0 Å². The first-order valence-electron chi connectivity index (χ1n) is 22.1. The van der Waals surface area contributed by atoms with Crippen LogP contribution in [0, 0.1) is 0 Å². The van der Waals surface area contributed by atoms with Gasteiger partial charge in [0.1, 0.15) is 0 Å². The first-order chi connectivity index (χ1) is 30.4. The highest BCUT2D eigenvalue weighted by molar-refractivity contribution is 6.52. The van der Waals surface area contributed by atoms with Crippen LogP contribution in [0.3, 0.4) is 0 Å². The second kappa shape index (κ2) is 11.2. The van der Waals surface area contributed by atoms with Crippen LogP contribution in [0.4, 0.5) is 0 Å². The second-order valence-electron chi connectivity index (χ2n) is 19.0. The molecule has 15 rings (SSSR count). The minimum atomic E-state index is 0.0825. The van der Waals surface area contributed by atoms with E-state index < -0.39 is 0 Å². The summed E-state index contributed by atoms with van der Waals surface area (Å²) in [5, 5.41) is 27.1. The fourth-order valence-electron chi connectivity index (χ4n) is 12.4. The molecule has 0 radical (unpaired) electrons. The number of rotatable bonds is 2. The maximum atomic E-state index is 2.50. The largest absolute Gasteiger partial charge is 0.0622 e. The summed E-state index contributed by atoms with van der Waals surface area (Å²) in [7, 11) is 0. The summed E-state index contributed by atoms with van der Waals surface area (Å²) >= 11 is 0. The summed E-state index contributed by atoms with van der Waals surface area (Å²) in [6, 6.07) is 67.5. The molecule has 0 heteroatoms. The van der Waals surface area contributed by atoms with Crippen LogP contribution in [0.25, 0.3) is 152 Å². The van der Waals surface area contributed by atoms with Crippen molar-refractivity contribution < 1.29 is 0 Å². The van der Waals surface area contributed by atoms with Crippen molar-refractivity contribution in [1.29, 1.82) is 0 Å². The van der Waals surface area contributed by atoms with Gasteiger partial charge in [-0.1, -0.05) is 185 Å². The van der Waals surface area contributed by atoms with Gasteiger partial charge < -0.3 is 0 Å². The fraction of sp³-hybridized carbons (Fsp3) is 0.0645. The van der Waals surface area contributed by atoms with E-state index in [9.17, 15) is 0 Å². The van der Waals surface area contributed by atoms with E-state index in [0.29, 0.717) is 0 Å². The van der Waals surface area contributed by atoms with E-state index in [2.05, 4.69) is 197 Å². The summed E-state index contributed by atoms with van der Waals surface area (Å²) in [6.07, 6.45) is 0. The van der Waals surface area contributed by atoms with Gasteiger partial charge >= 0.3 is 0 Å². The lowest BCUT2D eigenvalue weighted by Gasteiger charge is -2.20. The Morgan fingerprint density at radius 1 is 0.258 bits per heavy atom. The van der Waals surface area contributed by atoms with E-state index in [1.165, 1.54) is 158 Å². The van der Waals surface area contributed by atoms with Crippen molar-refractivity contribution in [3.05, 3.63) is 181 Å². The first-order valence-corrected chi connectivity index (χ1v) is 22.1. The highest BCUT2D eigenvalue weighted by Crippen LogP contribution is 2.58. The average molecular weight is 783 g/mol. The van der Waals surface area contributed by atoms with Gasteiger partial charge in [-0.2, -0.15) is 0 Å². The van der Waals surface area contributed by atoms with Crippen molar-refractivity contribution in [1.82, 2.24) is 0 Å². The molecular formula is C62H38. The van der Waals surface area contributed by atoms with Crippen molar-refractivity contribution >= 4 is 108 Å². The van der Waals surface area contributed by atoms with Crippen molar-refractivity contribution in [3.63, 3.8) is 0 Å². The molecule has 1 aliphatic carbocycles. The zero-order chi connectivity index (χ0) is 40.7. The Morgan fingerprint density at radius 3 is 1.45 bits per heavy atom. The minimum Gasteiger partial charge on any atom is -0.0622 e. The molecule has 0 N–H and O–H groups in total. The molecule has 286 valence electrons. The Bertz CT molecular complexity index is 4250. The van der Waals surface area contributed by atoms with E-state index in [0.717, 1.165) is 0 Å². The maximum Gasteiger partial charge on any atom is -0.000695 e. The molecule has 0 nitrogen and oxygen atoms in total. The molecule has 1 aliphatic rings. The van der Waals surface area contributed by atoms with E-state index in [1.54, 1.807) is 0 Å². The zero-order valence-corrected chi connectivity index (χ0v) is 34.7. The van der Waals surface area contributed by atoms with E-state index in [1.807, 2.05) is 0 Å². The third-order valence-corrected chi connectivity index (χ3v) is 15.0. The fourth-order valence-corrected chi connectivity index (χ4v) is 12.4. The molecule has 0 fully saturated rings. The van der Waals surface area contributed by atoms with Crippen LogP contribution < -0.4 is 0 Å². The Morgan fingerprint density at radius 2 is 0.726 bits per heavy atom. The van der Waals surface area contributed by atoms with Crippen molar-refractivity contribution in [2.75, 3.05) is 0 Å². The molecule has 0 atom stereocenters. The number of fused-ring (bicyclic) bond motifs is 14. The van der Waals surface area contributed by atoms with Crippen LogP contribution in [-0.2, 0) is 5.41 Å². The van der Waals surface area contributed by atoms with Crippen LogP contribution in [0.5, 0.6) is 0 Å². The predicted molar refractivity (Wildman–Crippen MR) is 269 cm³/mol. The van der Waals surface area contributed by atoms with Crippen molar-refractivity contribution in [3.8, 4) is 44.5 Å². The molecule has 14 aromatic carbocycles. The van der Waals surface area contributed by atoms with Gasteiger partial charge in [0.2, 0.25) is 0 Å². The molecule has 14 aromatic rings. The van der Waals surface area contributed by atoms with E-state index in [4.69, 9.17) is 0 Å². The third kappa shape index (κ3) is 3.91. The average Bonchev–Trinajstić information content (AvgIpc) is 3.95. The number of benzene rings is 12. The molecular weight excluding hydrogens is 745 g/mol. The van der Waals surface area contributed by atoms with Gasteiger partial charge in [0, 0.05) is 0 Å². The first kappa shape index (κ1) is 33.2. The highest BCUT2D eigenvalue weighted by atomic mass is 14.3. The van der Waals surface area contributed by atoms with E-state index >= 15 is 0 Å². The number of hydrogen-bond acceptors (Lipinski definition) is 0. The van der Waals surface area contributed by atoms with Gasteiger partial charge in [-0.25, -0.2) is 0 Å². The number of hydrogen-bond donors (Lipinski definition) is 0. The van der Waals surface area contributed by atoms with Gasteiger partial charge in [-0.15, -0.1) is 0 Å². The van der Waals surface area contributed by atoms with E-state index in [-0.39, 0.29) is 5.41 Å². The van der Waals surface area contributed by atoms with Crippen LogP contribution >= 0.6 is 0 Å². The molecule has 0 amide bonds. The summed E-state index contributed by atoms with van der Waals surface area (Å²) < 4.78 is 0. The van der Waals surface area contributed by atoms with Crippen molar-refractivity contribution in [2.45, 2.75) is 26.2 Å². The summed E-state index contributed by atoms with van der Waals surface area (Å²) in [5.41, 5.74) is 12.0. The molecule has 0 saturated heterocycles. The zero-order valence-electron chi connectivity index (χ0n) is 34.7. The maximum absolute atomic E-state index is 2.50. The molecule has 0 spiro atoms. The van der Waals surface area contributed by atoms with Gasteiger partial charge in [0.05, 0.1) is 0 Å². The summed E-state index contributed by atoms with van der Waals surface area (Å²) in [5.74, 6) is 0.